The molecule has 27 heavy (non-hydrogen) atoms. The molecule has 144 valence electrons. The highest BCUT2D eigenvalue weighted by Gasteiger charge is 2.31. The molecule has 2 heterocycles. The number of anilines is 1. The van der Waals surface area contributed by atoms with Crippen molar-refractivity contribution < 1.29 is 22.8 Å². The van der Waals surface area contributed by atoms with Gasteiger partial charge in [0.2, 0.25) is 0 Å². The Morgan fingerprint density at radius 2 is 1.74 bits per heavy atom. The van der Waals surface area contributed by atoms with E-state index in [9.17, 15) is 13.2 Å². The van der Waals surface area contributed by atoms with E-state index >= 15 is 0 Å². The molecule has 0 atom stereocenters. The molecule has 1 aromatic heterocycles. The molecule has 2 aromatic rings. The lowest BCUT2D eigenvalue weighted by Crippen LogP contribution is -3.13. The van der Waals surface area contributed by atoms with E-state index in [1.54, 1.807) is 12.4 Å². The predicted molar refractivity (Wildman–Crippen MR) is 99.6 cm³/mol. The number of halogens is 3. The average molecular weight is 397 g/mol. The van der Waals surface area contributed by atoms with Crippen molar-refractivity contribution in [3.8, 4) is 5.75 Å². The standard InChI is InChI=1S/C18H19F3N4OS/c19-18(20,21)26-16-3-1-15(2-4-16)23-17(27)25-11-9-24(10-12-25)13-14-5-7-22-8-6-14/h1-8H,9-13H2,(H,23,27)/p+1. The zero-order valence-electron chi connectivity index (χ0n) is 14.5. The second kappa shape index (κ2) is 8.53. The summed E-state index contributed by atoms with van der Waals surface area (Å²) >= 11 is 5.43. The number of alkyl halides is 3. The van der Waals surface area contributed by atoms with E-state index in [0.717, 1.165) is 32.7 Å². The van der Waals surface area contributed by atoms with Crippen molar-refractivity contribution in [1.29, 1.82) is 0 Å². The van der Waals surface area contributed by atoms with E-state index in [2.05, 4.69) is 19.9 Å². The largest absolute Gasteiger partial charge is 0.573 e. The number of hydrogen-bond donors (Lipinski definition) is 2. The minimum Gasteiger partial charge on any atom is -0.406 e. The summed E-state index contributed by atoms with van der Waals surface area (Å²) in [5.41, 5.74) is 1.89. The van der Waals surface area contributed by atoms with Crippen molar-refractivity contribution >= 4 is 23.0 Å². The Labute approximate surface area is 160 Å². The molecule has 0 unspecified atom stereocenters. The van der Waals surface area contributed by atoms with Crippen LogP contribution < -0.4 is 15.0 Å². The van der Waals surface area contributed by atoms with Crippen LogP contribution in [0.3, 0.4) is 0 Å². The number of piperazine rings is 1. The lowest BCUT2D eigenvalue weighted by molar-refractivity contribution is -0.917. The van der Waals surface area contributed by atoms with Crippen LogP contribution in [0, 0.1) is 0 Å². The van der Waals surface area contributed by atoms with Crippen LogP contribution in [-0.2, 0) is 6.54 Å². The van der Waals surface area contributed by atoms with E-state index in [1.165, 1.54) is 34.7 Å². The van der Waals surface area contributed by atoms with Gasteiger partial charge in [-0.05, 0) is 48.6 Å². The number of nitrogens with zero attached hydrogens (tertiary/aromatic N) is 2. The maximum Gasteiger partial charge on any atom is 0.573 e. The van der Waals surface area contributed by atoms with E-state index < -0.39 is 6.36 Å². The van der Waals surface area contributed by atoms with Gasteiger partial charge in [-0.2, -0.15) is 0 Å². The van der Waals surface area contributed by atoms with E-state index in [0.29, 0.717) is 10.8 Å². The monoisotopic (exact) mass is 397 g/mol. The van der Waals surface area contributed by atoms with Crippen LogP contribution in [0.1, 0.15) is 5.56 Å². The number of hydrogen-bond acceptors (Lipinski definition) is 3. The van der Waals surface area contributed by atoms with Crippen LogP contribution in [0.5, 0.6) is 5.75 Å². The molecule has 1 aromatic carbocycles. The summed E-state index contributed by atoms with van der Waals surface area (Å²) in [7, 11) is 0. The summed E-state index contributed by atoms with van der Waals surface area (Å²) in [5, 5.41) is 3.64. The molecule has 1 saturated heterocycles. The van der Waals surface area contributed by atoms with Crippen molar-refractivity contribution in [3.05, 3.63) is 54.4 Å². The smallest absolute Gasteiger partial charge is 0.406 e. The van der Waals surface area contributed by atoms with Crippen LogP contribution in [-0.4, -0.2) is 47.5 Å². The maximum atomic E-state index is 12.2. The zero-order valence-corrected chi connectivity index (χ0v) is 15.3. The van der Waals surface area contributed by atoms with Crippen molar-refractivity contribution in [3.63, 3.8) is 0 Å². The van der Waals surface area contributed by atoms with E-state index in [-0.39, 0.29) is 5.75 Å². The molecule has 3 rings (SSSR count). The zero-order chi connectivity index (χ0) is 19.3. The first-order chi connectivity index (χ1) is 12.9. The number of quaternary nitrogens is 1. The van der Waals surface area contributed by atoms with Gasteiger partial charge in [-0.1, -0.05) is 0 Å². The molecule has 0 bridgehead atoms. The van der Waals surface area contributed by atoms with Crippen LogP contribution in [0.2, 0.25) is 0 Å². The summed E-state index contributed by atoms with van der Waals surface area (Å²) in [5.74, 6) is -0.257. The fourth-order valence-electron chi connectivity index (χ4n) is 2.93. The molecule has 1 aliphatic heterocycles. The molecule has 9 heteroatoms. The lowest BCUT2D eigenvalue weighted by Gasteiger charge is -2.33. The fraction of sp³-hybridized carbons (Fsp3) is 0.333. The van der Waals surface area contributed by atoms with Gasteiger partial charge in [-0.15, -0.1) is 13.2 Å². The van der Waals surface area contributed by atoms with Crippen LogP contribution >= 0.6 is 12.2 Å². The number of rotatable bonds is 4. The normalized spacial score (nSPS) is 15.4. The molecule has 0 aliphatic carbocycles. The molecule has 1 aliphatic rings. The van der Waals surface area contributed by atoms with Gasteiger partial charge in [0, 0.05) is 23.6 Å². The van der Waals surface area contributed by atoms with Gasteiger partial charge >= 0.3 is 6.36 Å². The van der Waals surface area contributed by atoms with Gasteiger partial charge in [0.05, 0.1) is 26.2 Å². The molecule has 1 fully saturated rings. The van der Waals surface area contributed by atoms with Crippen molar-refractivity contribution in [2.45, 2.75) is 12.9 Å². The minimum absolute atomic E-state index is 0.257. The number of ether oxygens (including phenoxy) is 1. The minimum atomic E-state index is -4.69. The third-order valence-corrected chi connectivity index (χ3v) is 4.66. The Balaban J connectivity index is 1.46. The summed E-state index contributed by atoms with van der Waals surface area (Å²) in [6.45, 7) is 4.52. The average Bonchev–Trinajstić information content (AvgIpc) is 2.63. The fourth-order valence-corrected chi connectivity index (χ4v) is 3.24. The molecule has 5 nitrogen and oxygen atoms in total. The number of nitrogens with one attached hydrogen (secondary N) is 2. The molecule has 2 N–H and O–H groups in total. The summed E-state index contributed by atoms with van der Waals surface area (Å²) < 4.78 is 40.4. The van der Waals surface area contributed by atoms with Gasteiger partial charge in [0.15, 0.2) is 5.11 Å². The maximum absolute atomic E-state index is 12.2. The Kier molecular flexibility index (Phi) is 6.12. The number of aromatic nitrogens is 1. The Morgan fingerprint density at radius 1 is 1.11 bits per heavy atom. The van der Waals surface area contributed by atoms with Gasteiger partial charge < -0.3 is 19.9 Å². The van der Waals surface area contributed by atoms with Crippen molar-refractivity contribution in [2.24, 2.45) is 0 Å². The summed E-state index contributed by atoms with van der Waals surface area (Å²) in [6.07, 6.45) is -1.09. The Bertz CT molecular complexity index is 747. The second-order valence-corrected chi connectivity index (χ2v) is 6.66. The third kappa shape index (κ3) is 6.07. The van der Waals surface area contributed by atoms with Gasteiger partial charge in [-0.3, -0.25) is 4.98 Å². The Hall–Kier alpha value is -2.39. The topological polar surface area (TPSA) is 41.8 Å². The van der Waals surface area contributed by atoms with Gasteiger partial charge in [0.25, 0.3) is 0 Å². The molecule has 0 radical (unpaired) electrons. The molecular weight excluding hydrogens is 377 g/mol. The van der Waals surface area contributed by atoms with Gasteiger partial charge in [0.1, 0.15) is 12.3 Å². The van der Waals surface area contributed by atoms with Crippen LogP contribution in [0.4, 0.5) is 18.9 Å². The highest BCUT2D eigenvalue weighted by atomic mass is 32.1. The summed E-state index contributed by atoms with van der Waals surface area (Å²) in [4.78, 5) is 7.59. The quantitative estimate of drug-likeness (QED) is 0.774. The number of thiocarbonyl (C=S) groups is 1. The predicted octanol–water partition coefficient (Wildman–Crippen LogP) is 2.08. The SMILES string of the molecule is FC(F)(F)Oc1ccc(NC(=S)N2CC[NH+](Cc3ccncc3)CC2)cc1. The first kappa shape index (κ1) is 19.4. The highest BCUT2D eigenvalue weighted by Crippen LogP contribution is 2.24. The molecular formula is C18H20F3N4OS+. The van der Waals surface area contributed by atoms with Crippen LogP contribution in [0.15, 0.2) is 48.8 Å². The first-order valence-electron chi connectivity index (χ1n) is 8.53. The van der Waals surface area contributed by atoms with Crippen LogP contribution in [0.25, 0.3) is 0 Å². The Morgan fingerprint density at radius 3 is 2.33 bits per heavy atom. The van der Waals surface area contributed by atoms with Crippen molar-refractivity contribution in [1.82, 2.24) is 9.88 Å². The number of benzene rings is 1. The molecule has 0 spiro atoms. The first-order valence-corrected chi connectivity index (χ1v) is 8.94. The molecule has 0 amide bonds. The summed E-state index contributed by atoms with van der Waals surface area (Å²) in [6, 6.07) is 9.59. The van der Waals surface area contributed by atoms with E-state index in [1.807, 2.05) is 12.1 Å². The second-order valence-electron chi connectivity index (χ2n) is 6.27. The van der Waals surface area contributed by atoms with Crippen molar-refractivity contribution in [2.75, 3.05) is 31.5 Å². The van der Waals surface area contributed by atoms with E-state index in [4.69, 9.17) is 12.2 Å². The third-order valence-electron chi connectivity index (χ3n) is 4.30. The highest BCUT2D eigenvalue weighted by molar-refractivity contribution is 7.80. The van der Waals surface area contributed by atoms with Gasteiger partial charge in [-0.25, -0.2) is 0 Å². The lowest BCUT2D eigenvalue weighted by atomic mass is 10.2. The molecule has 0 saturated carbocycles. The number of pyridine rings is 1.